The van der Waals surface area contributed by atoms with Crippen molar-refractivity contribution in [1.29, 1.82) is 0 Å². The summed E-state index contributed by atoms with van der Waals surface area (Å²) in [5.74, 6) is 0.594. The van der Waals surface area contributed by atoms with Crippen LogP contribution in [0.1, 0.15) is 31.7 Å². The SMILES string of the molecule is CCCCCOC1=CNS(=O)(=O)c2ccccc21. The second-order valence-electron chi connectivity index (χ2n) is 4.18. The number of hydrogen-bond acceptors (Lipinski definition) is 3. The van der Waals surface area contributed by atoms with E-state index in [1.165, 1.54) is 6.20 Å². The summed E-state index contributed by atoms with van der Waals surface area (Å²) in [6.07, 6.45) is 4.64. The van der Waals surface area contributed by atoms with Crippen molar-refractivity contribution in [2.45, 2.75) is 31.1 Å². The lowest BCUT2D eigenvalue weighted by Gasteiger charge is -2.19. The van der Waals surface area contributed by atoms with Crippen LogP contribution in [0.15, 0.2) is 35.4 Å². The van der Waals surface area contributed by atoms with Crippen LogP contribution in [0.5, 0.6) is 0 Å². The van der Waals surface area contributed by atoms with E-state index in [4.69, 9.17) is 4.74 Å². The normalized spacial score (nSPS) is 16.4. The molecule has 1 N–H and O–H groups in total. The molecule has 1 aromatic carbocycles. The molecule has 4 nitrogen and oxygen atoms in total. The van der Waals surface area contributed by atoms with Crippen molar-refractivity contribution in [1.82, 2.24) is 4.72 Å². The first-order valence-electron chi connectivity index (χ1n) is 6.10. The van der Waals surface area contributed by atoms with Crippen molar-refractivity contribution in [2.24, 2.45) is 0 Å². The van der Waals surface area contributed by atoms with Crippen molar-refractivity contribution in [2.75, 3.05) is 6.61 Å². The summed E-state index contributed by atoms with van der Waals surface area (Å²) in [6.45, 7) is 2.74. The van der Waals surface area contributed by atoms with Gasteiger partial charge in [-0.2, -0.15) is 0 Å². The van der Waals surface area contributed by atoms with Crippen molar-refractivity contribution in [3.05, 3.63) is 36.0 Å². The summed E-state index contributed by atoms with van der Waals surface area (Å²) in [7, 11) is -3.42. The zero-order chi connectivity index (χ0) is 13.0. The van der Waals surface area contributed by atoms with Gasteiger partial charge in [0.2, 0.25) is 0 Å². The second-order valence-corrected chi connectivity index (χ2v) is 5.86. The Morgan fingerprint density at radius 2 is 2.00 bits per heavy atom. The Labute approximate surface area is 108 Å². The number of fused-ring (bicyclic) bond motifs is 1. The molecular formula is C13H17NO3S. The topological polar surface area (TPSA) is 55.4 Å². The molecule has 1 aromatic rings. The largest absolute Gasteiger partial charge is 0.491 e. The van der Waals surface area contributed by atoms with Gasteiger partial charge < -0.3 is 4.74 Å². The van der Waals surface area contributed by atoms with Gasteiger partial charge in [-0.25, -0.2) is 8.42 Å². The zero-order valence-electron chi connectivity index (χ0n) is 10.3. The molecule has 0 atom stereocenters. The molecule has 98 valence electrons. The van der Waals surface area contributed by atoms with Crippen LogP contribution in [0.3, 0.4) is 0 Å². The van der Waals surface area contributed by atoms with Crippen LogP contribution in [0.4, 0.5) is 0 Å². The van der Waals surface area contributed by atoms with Crippen molar-refractivity contribution < 1.29 is 13.2 Å². The Balaban J connectivity index is 2.17. The van der Waals surface area contributed by atoms with Crippen LogP contribution in [0.2, 0.25) is 0 Å². The molecule has 0 aromatic heterocycles. The fourth-order valence-electron chi connectivity index (χ4n) is 1.83. The molecule has 0 unspecified atom stereocenters. The van der Waals surface area contributed by atoms with Crippen LogP contribution < -0.4 is 4.72 Å². The minimum atomic E-state index is -3.42. The lowest BCUT2D eigenvalue weighted by molar-refractivity contribution is 0.265. The van der Waals surface area contributed by atoms with Crippen molar-refractivity contribution in [3.63, 3.8) is 0 Å². The predicted octanol–water partition coefficient (Wildman–Crippen LogP) is 2.48. The van der Waals surface area contributed by atoms with E-state index in [1.807, 2.05) is 6.07 Å². The van der Waals surface area contributed by atoms with Gasteiger partial charge in [-0.05, 0) is 18.6 Å². The smallest absolute Gasteiger partial charge is 0.262 e. The minimum Gasteiger partial charge on any atom is -0.491 e. The van der Waals surface area contributed by atoms with E-state index < -0.39 is 10.0 Å². The highest BCUT2D eigenvalue weighted by molar-refractivity contribution is 7.89. The molecule has 1 aliphatic heterocycles. The van der Waals surface area contributed by atoms with E-state index in [0.29, 0.717) is 17.9 Å². The summed E-state index contributed by atoms with van der Waals surface area (Å²) < 4.78 is 31.6. The Bertz CT molecular complexity index is 549. The van der Waals surface area contributed by atoms with Crippen LogP contribution in [-0.2, 0) is 14.8 Å². The molecule has 5 heteroatoms. The van der Waals surface area contributed by atoms with Crippen molar-refractivity contribution >= 4 is 15.8 Å². The van der Waals surface area contributed by atoms with E-state index in [0.717, 1.165) is 19.3 Å². The molecule has 0 fully saturated rings. The molecule has 1 aliphatic rings. The van der Waals surface area contributed by atoms with Crippen LogP contribution in [0.25, 0.3) is 5.76 Å². The molecule has 0 amide bonds. The molecule has 0 radical (unpaired) electrons. The van der Waals surface area contributed by atoms with Gasteiger partial charge in [-0.15, -0.1) is 0 Å². The summed E-state index contributed by atoms with van der Waals surface area (Å²) in [4.78, 5) is 0.276. The first-order valence-corrected chi connectivity index (χ1v) is 7.58. The Morgan fingerprint density at radius 1 is 1.22 bits per heavy atom. The van der Waals surface area contributed by atoms with Gasteiger partial charge in [0, 0.05) is 5.56 Å². The number of ether oxygens (including phenoxy) is 1. The molecular weight excluding hydrogens is 250 g/mol. The molecule has 2 rings (SSSR count). The molecule has 0 spiro atoms. The highest BCUT2D eigenvalue weighted by atomic mass is 32.2. The van der Waals surface area contributed by atoms with E-state index in [9.17, 15) is 8.42 Å². The Hall–Kier alpha value is -1.49. The Morgan fingerprint density at radius 3 is 2.78 bits per heavy atom. The van der Waals surface area contributed by atoms with Crippen LogP contribution >= 0.6 is 0 Å². The molecule has 1 heterocycles. The molecule has 18 heavy (non-hydrogen) atoms. The van der Waals surface area contributed by atoms with E-state index in [2.05, 4.69) is 11.6 Å². The summed E-state index contributed by atoms with van der Waals surface area (Å²) in [5.41, 5.74) is 0.632. The highest BCUT2D eigenvalue weighted by Crippen LogP contribution is 2.27. The van der Waals surface area contributed by atoms with Gasteiger partial charge in [-0.3, -0.25) is 4.72 Å². The number of hydrogen-bond donors (Lipinski definition) is 1. The van der Waals surface area contributed by atoms with Gasteiger partial charge in [0.05, 0.1) is 17.7 Å². The fraction of sp³-hybridized carbons (Fsp3) is 0.385. The third-order valence-corrected chi connectivity index (χ3v) is 4.16. The van der Waals surface area contributed by atoms with Crippen molar-refractivity contribution in [3.8, 4) is 0 Å². The van der Waals surface area contributed by atoms with Gasteiger partial charge in [-0.1, -0.05) is 31.9 Å². The third kappa shape index (κ3) is 2.67. The van der Waals surface area contributed by atoms with Gasteiger partial charge in [0.25, 0.3) is 10.0 Å². The monoisotopic (exact) mass is 267 g/mol. The predicted molar refractivity (Wildman–Crippen MR) is 70.2 cm³/mol. The van der Waals surface area contributed by atoms with E-state index in [1.54, 1.807) is 18.2 Å². The number of sulfonamides is 1. The molecule has 0 saturated heterocycles. The first kappa shape index (κ1) is 13.0. The summed E-state index contributed by atoms with van der Waals surface area (Å²) in [5, 5.41) is 0. The van der Waals surface area contributed by atoms with Gasteiger partial charge >= 0.3 is 0 Å². The van der Waals surface area contributed by atoms with Gasteiger partial charge in [0.15, 0.2) is 0 Å². The summed E-state index contributed by atoms with van der Waals surface area (Å²) in [6, 6.07) is 6.86. The van der Waals surface area contributed by atoms with E-state index in [-0.39, 0.29) is 4.90 Å². The standard InChI is InChI=1S/C13H17NO3S/c1-2-3-6-9-17-12-10-14-18(15,16)13-8-5-4-7-11(12)13/h4-5,7-8,10,14H,2-3,6,9H2,1H3. The Kier molecular flexibility index (Phi) is 3.91. The molecule has 0 bridgehead atoms. The maximum Gasteiger partial charge on any atom is 0.262 e. The number of unbranched alkanes of at least 4 members (excludes halogenated alkanes) is 2. The number of benzene rings is 1. The molecule has 0 aliphatic carbocycles. The minimum absolute atomic E-state index is 0.276. The third-order valence-electron chi connectivity index (χ3n) is 2.79. The van der Waals surface area contributed by atoms with Crippen LogP contribution in [0, 0.1) is 0 Å². The number of rotatable bonds is 5. The second kappa shape index (κ2) is 5.44. The highest BCUT2D eigenvalue weighted by Gasteiger charge is 2.24. The fourth-order valence-corrected chi connectivity index (χ4v) is 2.94. The maximum atomic E-state index is 11.8. The summed E-state index contributed by atoms with van der Waals surface area (Å²) >= 11 is 0. The maximum absolute atomic E-state index is 11.8. The average molecular weight is 267 g/mol. The lowest BCUT2D eigenvalue weighted by atomic mass is 10.2. The molecule has 0 saturated carbocycles. The first-order chi connectivity index (χ1) is 8.65. The number of nitrogens with one attached hydrogen (secondary N) is 1. The van der Waals surface area contributed by atoms with Gasteiger partial charge in [0.1, 0.15) is 5.76 Å². The van der Waals surface area contributed by atoms with E-state index >= 15 is 0 Å². The average Bonchev–Trinajstić information content (AvgIpc) is 2.37. The lowest BCUT2D eigenvalue weighted by Crippen LogP contribution is -2.24. The quantitative estimate of drug-likeness (QED) is 0.834. The zero-order valence-corrected chi connectivity index (χ0v) is 11.2. The van der Waals surface area contributed by atoms with Crippen LogP contribution in [-0.4, -0.2) is 15.0 Å².